The van der Waals surface area contributed by atoms with Gasteiger partial charge in [-0.1, -0.05) is 18.2 Å². The van der Waals surface area contributed by atoms with Crippen LogP contribution in [0.3, 0.4) is 0 Å². The van der Waals surface area contributed by atoms with E-state index in [1.54, 1.807) is 12.1 Å². The van der Waals surface area contributed by atoms with Crippen LogP contribution in [-0.2, 0) is 16.6 Å². The first-order valence-corrected chi connectivity index (χ1v) is 10.1. The van der Waals surface area contributed by atoms with Gasteiger partial charge >= 0.3 is 0 Å². The summed E-state index contributed by atoms with van der Waals surface area (Å²) in [5.74, 6) is 0.0848. The van der Waals surface area contributed by atoms with E-state index >= 15 is 0 Å². The van der Waals surface area contributed by atoms with E-state index in [2.05, 4.69) is 4.72 Å². The van der Waals surface area contributed by atoms with E-state index < -0.39 is 10.0 Å². The minimum absolute atomic E-state index is 0.0848. The Balaban J connectivity index is 2.02. The summed E-state index contributed by atoms with van der Waals surface area (Å²) in [4.78, 5) is 14.4. The molecule has 1 aliphatic heterocycles. The lowest BCUT2D eigenvalue weighted by molar-refractivity contribution is 0.0730. The van der Waals surface area contributed by atoms with Gasteiger partial charge in [0.25, 0.3) is 5.91 Å². The Hall–Kier alpha value is -2.34. The first kappa shape index (κ1) is 17.5. The molecular weight excluding hydrogens is 336 g/mol. The monoisotopic (exact) mass is 358 g/mol. The summed E-state index contributed by atoms with van der Waals surface area (Å²) in [7, 11) is -3.32. The van der Waals surface area contributed by atoms with Crippen LogP contribution in [0.4, 0.5) is 5.69 Å². The molecule has 1 aliphatic rings. The van der Waals surface area contributed by atoms with Gasteiger partial charge in [-0.15, -0.1) is 0 Å². The van der Waals surface area contributed by atoms with E-state index in [1.165, 1.54) is 0 Å². The lowest BCUT2D eigenvalue weighted by Crippen LogP contribution is -2.30. The van der Waals surface area contributed by atoms with E-state index in [0.29, 0.717) is 12.2 Å². The Kier molecular flexibility index (Phi) is 4.33. The van der Waals surface area contributed by atoms with Crippen molar-refractivity contribution in [3.63, 3.8) is 0 Å². The summed E-state index contributed by atoms with van der Waals surface area (Å²) in [5.41, 5.74) is 5.18. The predicted molar refractivity (Wildman–Crippen MR) is 100 cm³/mol. The quantitative estimate of drug-likeness (QED) is 0.911. The maximum atomic E-state index is 12.6. The minimum atomic E-state index is -3.32. The molecule has 1 N–H and O–H groups in total. The lowest BCUT2D eigenvalue weighted by Gasteiger charge is -2.19. The third-order valence-electron chi connectivity index (χ3n) is 4.36. The van der Waals surface area contributed by atoms with E-state index in [0.717, 1.165) is 34.1 Å². The van der Waals surface area contributed by atoms with Crippen LogP contribution in [0.1, 0.15) is 35.3 Å². The number of nitrogens with one attached hydrogen (secondary N) is 1. The second kappa shape index (κ2) is 6.19. The molecule has 1 amide bonds. The van der Waals surface area contributed by atoms with Crippen molar-refractivity contribution in [2.45, 2.75) is 33.4 Å². The Bertz CT molecular complexity index is 949. The molecule has 0 atom stereocenters. The van der Waals surface area contributed by atoms with Crippen LogP contribution in [0, 0.1) is 6.92 Å². The summed E-state index contributed by atoms with van der Waals surface area (Å²) in [6, 6.07) is 11.4. The van der Waals surface area contributed by atoms with Crippen molar-refractivity contribution in [1.29, 1.82) is 0 Å². The van der Waals surface area contributed by atoms with Gasteiger partial charge in [-0.05, 0) is 61.2 Å². The number of sulfonamides is 1. The van der Waals surface area contributed by atoms with Gasteiger partial charge in [0.2, 0.25) is 10.0 Å². The van der Waals surface area contributed by atoms with Gasteiger partial charge in [-0.2, -0.15) is 0 Å². The van der Waals surface area contributed by atoms with Gasteiger partial charge in [-0.3, -0.25) is 9.52 Å². The third kappa shape index (κ3) is 3.54. The predicted octanol–water partition coefficient (Wildman–Crippen LogP) is 3.40. The standard InChI is InChI=1S/C19H22N2O3S/c1-12(2)21-11-16-9-15(8-13(3)18(16)19(21)22)14-6-5-7-17(10-14)20-25(4,23)24/h5-10,12,20H,11H2,1-4H3. The number of carbonyl (C=O) groups is 1. The van der Waals surface area contributed by atoms with E-state index in [4.69, 9.17) is 0 Å². The smallest absolute Gasteiger partial charge is 0.255 e. The molecule has 6 heteroatoms. The molecule has 2 aromatic rings. The summed E-state index contributed by atoms with van der Waals surface area (Å²) in [5, 5.41) is 0. The molecule has 0 radical (unpaired) electrons. The molecule has 0 aliphatic carbocycles. The molecule has 0 saturated carbocycles. The zero-order chi connectivity index (χ0) is 18.4. The minimum Gasteiger partial charge on any atom is -0.332 e. The second-order valence-electron chi connectivity index (χ2n) is 6.81. The van der Waals surface area contributed by atoms with Gasteiger partial charge in [0.1, 0.15) is 0 Å². The number of rotatable bonds is 4. The molecule has 1 heterocycles. The zero-order valence-corrected chi connectivity index (χ0v) is 15.6. The number of aryl methyl sites for hydroxylation is 1. The molecule has 0 saturated heterocycles. The fraction of sp³-hybridized carbons (Fsp3) is 0.316. The molecule has 25 heavy (non-hydrogen) atoms. The Morgan fingerprint density at radius 1 is 1.12 bits per heavy atom. The average Bonchev–Trinajstić information content (AvgIpc) is 2.83. The van der Waals surface area contributed by atoms with Crippen LogP contribution in [0.5, 0.6) is 0 Å². The molecule has 0 spiro atoms. The number of hydrogen-bond acceptors (Lipinski definition) is 3. The molecule has 0 aromatic heterocycles. The molecule has 5 nitrogen and oxygen atoms in total. The van der Waals surface area contributed by atoms with Gasteiger partial charge in [0.15, 0.2) is 0 Å². The number of hydrogen-bond donors (Lipinski definition) is 1. The second-order valence-corrected chi connectivity index (χ2v) is 8.56. The highest BCUT2D eigenvalue weighted by atomic mass is 32.2. The van der Waals surface area contributed by atoms with Crippen molar-refractivity contribution in [3.05, 3.63) is 53.1 Å². The van der Waals surface area contributed by atoms with Crippen molar-refractivity contribution in [1.82, 2.24) is 4.90 Å². The fourth-order valence-corrected chi connectivity index (χ4v) is 3.81. The summed E-state index contributed by atoms with van der Waals surface area (Å²) in [6.07, 6.45) is 1.13. The SMILES string of the molecule is Cc1cc(-c2cccc(NS(C)(=O)=O)c2)cc2c1C(=O)N(C(C)C)C2. The lowest BCUT2D eigenvalue weighted by atomic mass is 9.96. The van der Waals surface area contributed by atoms with Crippen molar-refractivity contribution in [2.24, 2.45) is 0 Å². The summed E-state index contributed by atoms with van der Waals surface area (Å²) >= 11 is 0. The third-order valence-corrected chi connectivity index (χ3v) is 4.96. The first-order chi connectivity index (χ1) is 11.7. The van der Waals surface area contributed by atoms with Crippen LogP contribution in [-0.4, -0.2) is 31.5 Å². The van der Waals surface area contributed by atoms with Crippen LogP contribution in [0.2, 0.25) is 0 Å². The molecule has 0 fully saturated rings. The van der Waals surface area contributed by atoms with E-state index in [1.807, 2.05) is 49.9 Å². The number of nitrogens with zero attached hydrogens (tertiary/aromatic N) is 1. The first-order valence-electron chi connectivity index (χ1n) is 8.18. The van der Waals surface area contributed by atoms with Crippen LogP contribution in [0.15, 0.2) is 36.4 Å². The Labute approximate surface area is 148 Å². The maximum Gasteiger partial charge on any atom is 0.255 e. The topological polar surface area (TPSA) is 66.5 Å². The average molecular weight is 358 g/mol. The van der Waals surface area contributed by atoms with Gasteiger partial charge in [0, 0.05) is 23.8 Å². The largest absolute Gasteiger partial charge is 0.332 e. The van der Waals surface area contributed by atoms with Crippen LogP contribution < -0.4 is 4.72 Å². The summed E-state index contributed by atoms with van der Waals surface area (Å²) in [6.45, 7) is 6.59. The Morgan fingerprint density at radius 2 is 1.84 bits per heavy atom. The normalized spacial score (nSPS) is 14.1. The van der Waals surface area contributed by atoms with Gasteiger partial charge in [0.05, 0.1) is 6.26 Å². The van der Waals surface area contributed by atoms with E-state index in [-0.39, 0.29) is 11.9 Å². The molecule has 0 unspecified atom stereocenters. The maximum absolute atomic E-state index is 12.6. The highest BCUT2D eigenvalue weighted by Gasteiger charge is 2.30. The summed E-state index contributed by atoms with van der Waals surface area (Å²) < 4.78 is 25.4. The van der Waals surface area contributed by atoms with E-state index in [9.17, 15) is 13.2 Å². The van der Waals surface area contributed by atoms with Crippen LogP contribution in [0.25, 0.3) is 11.1 Å². The molecule has 2 aromatic carbocycles. The van der Waals surface area contributed by atoms with Crippen molar-refractivity contribution in [2.75, 3.05) is 11.0 Å². The number of anilines is 1. The number of fused-ring (bicyclic) bond motifs is 1. The molecule has 0 bridgehead atoms. The molecular formula is C19H22N2O3S. The van der Waals surface area contributed by atoms with Gasteiger partial charge < -0.3 is 4.90 Å². The molecule has 3 rings (SSSR count). The van der Waals surface area contributed by atoms with Crippen molar-refractivity contribution < 1.29 is 13.2 Å². The highest BCUT2D eigenvalue weighted by molar-refractivity contribution is 7.92. The fourth-order valence-electron chi connectivity index (χ4n) is 3.25. The van der Waals surface area contributed by atoms with Crippen molar-refractivity contribution in [3.8, 4) is 11.1 Å². The van der Waals surface area contributed by atoms with Crippen LogP contribution >= 0.6 is 0 Å². The highest BCUT2D eigenvalue weighted by Crippen LogP contribution is 2.33. The Morgan fingerprint density at radius 3 is 2.48 bits per heavy atom. The number of amides is 1. The zero-order valence-electron chi connectivity index (χ0n) is 14.8. The molecule has 132 valence electrons. The van der Waals surface area contributed by atoms with Crippen molar-refractivity contribution >= 4 is 21.6 Å². The number of carbonyl (C=O) groups excluding carboxylic acids is 1. The number of benzene rings is 2. The van der Waals surface area contributed by atoms with Gasteiger partial charge in [-0.25, -0.2) is 8.42 Å².